The second kappa shape index (κ2) is 7.68. The molecule has 6 nitrogen and oxygen atoms in total. The summed E-state index contributed by atoms with van der Waals surface area (Å²) in [6.07, 6.45) is 3.85. The molecular formula is C14H19N5OS. The van der Waals surface area contributed by atoms with Crippen LogP contribution < -0.4 is 10.6 Å². The third-order valence-corrected chi connectivity index (χ3v) is 3.94. The summed E-state index contributed by atoms with van der Waals surface area (Å²) in [5, 5.41) is 13.9. The van der Waals surface area contributed by atoms with Crippen LogP contribution in [0.1, 0.15) is 37.0 Å². The molecule has 0 aliphatic carbocycles. The summed E-state index contributed by atoms with van der Waals surface area (Å²) in [5.41, 5.74) is 2.07. The van der Waals surface area contributed by atoms with Crippen molar-refractivity contribution in [1.82, 2.24) is 15.2 Å². The molecule has 0 bridgehead atoms. The van der Waals surface area contributed by atoms with E-state index in [1.807, 2.05) is 6.07 Å². The highest BCUT2D eigenvalue weighted by molar-refractivity contribution is 7.13. The maximum absolute atomic E-state index is 11.9. The molecule has 2 rings (SSSR count). The van der Waals surface area contributed by atoms with E-state index < -0.39 is 0 Å². The molecule has 2 aromatic heterocycles. The third kappa shape index (κ3) is 4.49. The molecular weight excluding hydrogens is 286 g/mol. The first-order valence-corrected chi connectivity index (χ1v) is 7.88. The molecule has 0 saturated heterocycles. The Hall–Kier alpha value is -2.02. The molecule has 2 N–H and O–H groups in total. The van der Waals surface area contributed by atoms with E-state index in [-0.39, 0.29) is 5.91 Å². The van der Waals surface area contributed by atoms with Crippen LogP contribution in [0.25, 0.3) is 0 Å². The van der Waals surface area contributed by atoms with Crippen LogP contribution in [0.4, 0.5) is 10.9 Å². The van der Waals surface area contributed by atoms with Crippen molar-refractivity contribution in [3.8, 4) is 0 Å². The Morgan fingerprint density at radius 3 is 2.71 bits per heavy atom. The van der Waals surface area contributed by atoms with Crippen LogP contribution in [0.15, 0.2) is 23.8 Å². The number of hydrogen-bond acceptors (Lipinski definition) is 6. The van der Waals surface area contributed by atoms with Gasteiger partial charge in [0.15, 0.2) is 0 Å². The summed E-state index contributed by atoms with van der Waals surface area (Å²) in [6.45, 7) is 5.27. The standard InChI is InChI=1S/C14H19N5OS/c1-3-10(4-2)7-15-12-6-5-11(8-16-12)13(20)18-14-19-17-9-21-14/h5-6,8-10H,3-4,7H2,1-2H3,(H,15,16)(H,18,19,20). The minimum Gasteiger partial charge on any atom is -0.370 e. The molecule has 2 heterocycles. The fraction of sp³-hybridized carbons (Fsp3) is 0.429. The first kappa shape index (κ1) is 15.4. The second-order valence-electron chi connectivity index (χ2n) is 4.69. The fourth-order valence-corrected chi connectivity index (χ4v) is 2.30. The maximum Gasteiger partial charge on any atom is 0.259 e. The molecule has 7 heteroatoms. The highest BCUT2D eigenvalue weighted by Crippen LogP contribution is 2.13. The van der Waals surface area contributed by atoms with Gasteiger partial charge in [-0.2, -0.15) is 0 Å². The zero-order valence-corrected chi connectivity index (χ0v) is 13.0. The van der Waals surface area contributed by atoms with E-state index in [1.165, 1.54) is 11.3 Å². The van der Waals surface area contributed by atoms with Crippen LogP contribution in [-0.4, -0.2) is 27.6 Å². The summed E-state index contributed by atoms with van der Waals surface area (Å²) in [7, 11) is 0. The molecule has 2 aromatic rings. The number of nitrogens with one attached hydrogen (secondary N) is 2. The molecule has 0 aliphatic rings. The lowest BCUT2D eigenvalue weighted by Gasteiger charge is -2.13. The van der Waals surface area contributed by atoms with Crippen molar-refractivity contribution in [2.24, 2.45) is 5.92 Å². The minimum absolute atomic E-state index is 0.231. The highest BCUT2D eigenvalue weighted by Gasteiger charge is 2.09. The second-order valence-corrected chi connectivity index (χ2v) is 5.53. The fourth-order valence-electron chi connectivity index (χ4n) is 1.86. The van der Waals surface area contributed by atoms with Crippen molar-refractivity contribution >= 4 is 28.2 Å². The van der Waals surface area contributed by atoms with Crippen LogP contribution in [-0.2, 0) is 0 Å². The van der Waals surface area contributed by atoms with Crippen LogP contribution in [0.5, 0.6) is 0 Å². The molecule has 0 radical (unpaired) electrons. The Morgan fingerprint density at radius 1 is 1.33 bits per heavy atom. The largest absolute Gasteiger partial charge is 0.370 e. The van der Waals surface area contributed by atoms with Gasteiger partial charge in [-0.15, -0.1) is 10.2 Å². The Labute approximate surface area is 128 Å². The average molecular weight is 305 g/mol. The summed E-state index contributed by atoms with van der Waals surface area (Å²) in [6, 6.07) is 3.57. The lowest BCUT2D eigenvalue weighted by Crippen LogP contribution is -2.15. The molecule has 0 aliphatic heterocycles. The van der Waals surface area contributed by atoms with Crippen molar-refractivity contribution in [2.45, 2.75) is 26.7 Å². The van der Waals surface area contributed by atoms with Crippen molar-refractivity contribution in [3.63, 3.8) is 0 Å². The molecule has 21 heavy (non-hydrogen) atoms. The molecule has 112 valence electrons. The maximum atomic E-state index is 11.9. The van der Waals surface area contributed by atoms with Gasteiger partial charge in [0.1, 0.15) is 11.3 Å². The zero-order chi connectivity index (χ0) is 15.1. The van der Waals surface area contributed by atoms with Crippen LogP contribution in [0.2, 0.25) is 0 Å². The van der Waals surface area contributed by atoms with E-state index in [9.17, 15) is 4.79 Å². The Bertz CT molecular complexity index is 551. The number of carbonyl (C=O) groups is 1. The topological polar surface area (TPSA) is 79.8 Å². The number of pyridine rings is 1. The van der Waals surface area contributed by atoms with E-state index in [0.29, 0.717) is 16.6 Å². The van der Waals surface area contributed by atoms with Crippen molar-refractivity contribution in [2.75, 3.05) is 17.2 Å². The number of carbonyl (C=O) groups excluding carboxylic acids is 1. The van der Waals surface area contributed by atoms with Gasteiger partial charge in [0, 0.05) is 12.7 Å². The van der Waals surface area contributed by atoms with Gasteiger partial charge < -0.3 is 5.32 Å². The number of hydrogen-bond donors (Lipinski definition) is 2. The monoisotopic (exact) mass is 305 g/mol. The first-order chi connectivity index (χ1) is 10.2. The van der Waals surface area contributed by atoms with Gasteiger partial charge in [-0.25, -0.2) is 4.98 Å². The Morgan fingerprint density at radius 2 is 2.14 bits per heavy atom. The quantitative estimate of drug-likeness (QED) is 0.822. The van der Waals surface area contributed by atoms with Gasteiger partial charge in [0.2, 0.25) is 5.13 Å². The van der Waals surface area contributed by atoms with Crippen molar-refractivity contribution in [3.05, 3.63) is 29.4 Å². The smallest absolute Gasteiger partial charge is 0.259 e. The predicted molar refractivity (Wildman–Crippen MR) is 84.7 cm³/mol. The molecule has 0 aromatic carbocycles. The molecule has 0 saturated carbocycles. The number of rotatable bonds is 7. The number of nitrogens with zero attached hydrogens (tertiary/aromatic N) is 3. The number of amides is 1. The summed E-state index contributed by atoms with van der Waals surface area (Å²) in [4.78, 5) is 16.2. The molecule has 0 fully saturated rings. The van der Waals surface area contributed by atoms with E-state index in [4.69, 9.17) is 0 Å². The zero-order valence-electron chi connectivity index (χ0n) is 12.2. The Balaban J connectivity index is 1.90. The lowest BCUT2D eigenvalue weighted by atomic mass is 10.0. The lowest BCUT2D eigenvalue weighted by molar-refractivity contribution is 0.102. The van der Waals surface area contributed by atoms with Gasteiger partial charge in [-0.1, -0.05) is 38.0 Å². The van der Waals surface area contributed by atoms with E-state index in [1.54, 1.807) is 17.8 Å². The number of anilines is 2. The molecule has 1 amide bonds. The minimum atomic E-state index is -0.231. The predicted octanol–water partition coefficient (Wildman–Crippen LogP) is 3.03. The van der Waals surface area contributed by atoms with Gasteiger partial charge in [-0.05, 0) is 18.1 Å². The summed E-state index contributed by atoms with van der Waals surface area (Å²) in [5.74, 6) is 1.20. The van der Waals surface area contributed by atoms with Gasteiger partial charge in [0.05, 0.1) is 5.56 Å². The van der Waals surface area contributed by atoms with Crippen LogP contribution in [0.3, 0.4) is 0 Å². The summed E-state index contributed by atoms with van der Waals surface area (Å²) >= 11 is 1.28. The highest BCUT2D eigenvalue weighted by atomic mass is 32.1. The normalized spacial score (nSPS) is 10.6. The Kier molecular flexibility index (Phi) is 5.62. The molecule has 0 unspecified atom stereocenters. The van der Waals surface area contributed by atoms with Crippen molar-refractivity contribution in [1.29, 1.82) is 0 Å². The molecule has 0 atom stereocenters. The SMILES string of the molecule is CCC(CC)CNc1ccc(C(=O)Nc2nncs2)cn1. The first-order valence-electron chi connectivity index (χ1n) is 7.00. The third-order valence-electron chi connectivity index (χ3n) is 3.33. The van der Waals surface area contributed by atoms with Crippen LogP contribution >= 0.6 is 11.3 Å². The van der Waals surface area contributed by atoms with Crippen molar-refractivity contribution < 1.29 is 4.79 Å². The van der Waals surface area contributed by atoms with E-state index >= 15 is 0 Å². The van der Waals surface area contributed by atoms with Crippen LogP contribution in [0, 0.1) is 5.92 Å². The number of aromatic nitrogens is 3. The van der Waals surface area contributed by atoms with Gasteiger partial charge in [-0.3, -0.25) is 10.1 Å². The van der Waals surface area contributed by atoms with E-state index in [2.05, 4.69) is 39.7 Å². The molecule has 0 spiro atoms. The van der Waals surface area contributed by atoms with Gasteiger partial charge >= 0.3 is 0 Å². The van der Waals surface area contributed by atoms with Gasteiger partial charge in [0.25, 0.3) is 5.91 Å². The average Bonchev–Trinajstić information content (AvgIpc) is 3.02. The summed E-state index contributed by atoms with van der Waals surface area (Å²) < 4.78 is 0. The van der Waals surface area contributed by atoms with E-state index in [0.717, 1.165) is 25.2 Å².